The Kier molecular flexibility index (Phi) is 6.40. The molecule has 0 bridgehead atoms. The molecule has 2 aliphatic carbocycles. The van der Waals surface area contributed by atoms with Crippen LogP contribution in [0.25, 0.3) is 0 Å². The molecule has 1 saturated heterocycles. The van der Waals surface area contributed by atoms with E-state index < -0.39 is 37.1 Å². The molecule has 0 aromatic heterocycles. The van der Waals surface area contributed by atoms with Gasteiger partial charge in [-0.2, -0.15) is 0 Å². The van der Waals surface area contributed by atoms with Crippen molar-refractivity contribution in [3.05, 3.63) is 64.2 Å². The fourth-order valence-corrected chi connectivity index (χ4v) is 6.62. The number of aliphatic hydroxyl groups excluding tert-OH is 4. The van der Waals surface area contributed by atoms with E-state index in [4.69, 9.17) is 9.47 Å². The van der Waals surface area contributed by atoms with E-state index in [2.05, 4.69) is 13.0 Å². The van der Waals surface area contributed by atoms with Crippen LogP contribution in [0, 0.1) is 5.92 Å². The molecule has 7 heteroatoms. The molecular formula is C30H36O7. The third-order valence-corrected chi connectivity index (χ3v) is 8.96. The van der Waals surface area contributed by atoms with E-state index >= 15 is 0 Å². The molecule has 2 aromatic carbocycles. The van der Waals surface area contributed by atoms with Gasteiger partial charge < -0.3 is 29.9 Å². The molecule has 4 aliphatic rings. The van der Waals surface area contributed by atoms with Crippen LogP contribution in [0.5, 0.6) is 5.75 Å². The number of carbonyl (C=O) groups excluding carboxylic acids is 1. The Balaban J connectivity index is 1.31. The summed E-state index contributed by atoms with van der Waals surface area (Å²) < 4.78 is 12.2. The van der Waals surface area contributed by atoms with Crippen molar-refractivity contribution in [1.82, 2.24) is 0 Å². The number of ketones is 1. The third kappa shape index (κ3) is 4.51. The van der Waals surface area contributed by atoms with E-state index in [-0.39, 0.29) is 11.4 Å². The zero-order valence-corrected chi connectivity index (χ0v) is 21.2. The minimum atomic E-state index is -1.42. The lowest BCUT2D eigenvalue weighted by molar-refractivity contribution is -0.231. The number of carbonyl (C=O) groups is 1. The quantitative estimate of drug-likeness (QED) is 0.490. The van der Waals surface area contributed by atoms with Crippen molar-refractivity contribution in [2.45, 2.75) is 93.9 Å². The molecule has 37 heavy (non-hydrogen) atoms. The van der Waals surface area contributed by atoms with Gasteiger partial charge in [0, 0.05) is 0 Å². The average molecular weight is 509 g/mol. The van der Waals surface area contributed by atoms with Crippen LogP contribution in [0.15, 0.2) is 36.4 Å². The molecule has 7 nitrogen and oxygen atoms in total. The maximum absolute atomic E-state index is 13.1. The molecule has 0 amide bonds. The zero-order chi connectivity index (χ0) is 25.9. The topological polar surface area (TPSA) is 116 Å². The molecule has 6 rings (SSSR count). The Bertz CT molecular complexity index is 1180. The Morgan fingerprint density at radius 2 is 1.76 bits per heavy atom. The van der Waals surface area contributed by atoms with E-state index in [9.17, 15) is 25.2 Å². The summed E-state index contributed by atoms with van der Waals surface area (Å²) in [5.41, 5.74) is 4.36. The fourth-order valence-electron chi connectivity index (χ4n) is 6.62. The van der Waals surface area contributed by atoms with Crippen LogP contribution in [0.3, 0.4) is 0 Å². The smallest absolute Gasteiger partial charge is 0.170 e. The highest BCUT2D eigenvalue weighted by atomic mass is 16.5. The number of ether oxygens (including phenoxy) is 2. The molecule has 4 unspecified atom stereocenters. The van der Waals surface area contributed by atoms with E-state index in [1.165, 1.54) is 5.56 Å². The predicted molar refractivity (Wildman–Crippen MR) is 136 cm³/mol. The first-order valence-electron chi connectivity index (χ1n) is 13.6. The Hall–Kier alpha value is -2.29. The van der Waals surface area contributed by atoms with Gasteiger partial charge in [0.1, 0.15) is 41.9 Å². The van der Waals surface area contributed by atoms with Gasteiger partial charge in [-0.25, -0.2) is 0 Å². The highest BCUT2D eigenvalue weighted by Crippen LogP contribution is 2.49. The monoisotopic (exact) mass is 508 g/mol. The summed E-state index contributed by atoms with van der Waals surface area (Å²) in [7, 11) is 0. The summed E-state index contributed by atoms with van der Waals surface area (Å²) in [6.07, 6.45) is 0.298. The van der Waals surface area contributed by atoms with Crippen molar-refractivity contribution < 1.29 is 34.7 Å². The lowest BCUT2D eigenvalue weighted by Gasteiger charge is -2.40. The van der Waals surface area contributed by atoms with Gasteiger partial charge in [0.05, 0.1) is 18.6 Å². The number of rotatable bonds is 5. The van der Waals surface area contributed by atoms with Gasteiger partial charge in [0.15, 0.2) is 5.78 Å². The summed E-state index contributed by atoms with van der Waals surface area (Å²) in [4.78, 5) is 13.1. The van der Waals surface area contributed by atoms with E-state index in [1.54, 1.807) is 0 Å². The second-order valence-electron chi connectivity index (χ2n) is 11.6. The molecule has 3 fully saturated rings. The SMILES string of the molecule is C[C@@H]1CC1c1ccc(C2OC(CO)[C@H](O)C(O)[C@H]2O)cc1Cc1ccc2c(c1)C(=O)CC1(CCCC1)O2. The lowest BCUT2D eigenvalue weighted by atomic mass is 9.86. The maximum Gasteiger partial charge on any atom is 0.170 e. The zero-order valence-electron chi connectivity index (χ0n) is 21.2. The number of Topliss-reactive ketones (excluding diaryl/α,β-unsaturated/α-hetero) is 1. The highest BCUT2D eigenvalue weighted by molar-refractivity contribution is 6.00. The minimum absolute atomic E-state index is 0.149. The van der Waals surface area contributed by atoms with Gasteiger partial charge in [-0.05, 0) is 84.7 Å². The number of hydrogen-bond acceptors (Lipinski definition) is 7. The van der Waals surface area contributed by atoms with Crippen molar-refractivity contribution in [1.29, 1.82) is 0 Å². The van der Waals surface area contributed by atoms with Crippen LogP contribution >= 0.6 is 0 Å². The van der Waals surface area contributed by atoms with Crippen LogP contribution in [-0.4, -0.2) is 62.8 Å². The van der Waals surface area contributed by atoms with Gasteiger partial charge in [0.2, 0.25) is 0 Å². The van der Waals surface area contributed by atoms with Crippen molar-refractivity contribution in [3.8, 4) is 5.75 Å². The molecule has 4 N–H and O–H groups in total. The van der Waals surface area contributed by atoms with Crippen LogP contribution in [0.2, 0.25) is 0 Å². The molecule has 2 aromatic rings. The summed E-state index contributed by atoms with van der Waals surface area (Å²) in [6, 6.07) is 11.9. The minimum Gasteiger partial charge on any atom is -0.486 e. The van der Waals surface area contributed by atoms with Crippen molar-refractivity contribution in [3.63, 3.8) is 0 Å². The van der Waals surface area contributed by atoms with E-state index in [0.29, 0.717) is 41.6 Å². The van der Waals surface area contributed by atoms with Crippen LogP contribution in [-0.2, 0) is 11.2 Å². The Labute approximate surface area is 217 Å². The Morgan fingerprint density at radius 3 is 2.46 bits per heavy atom. The largest absolute Gasteiger partial charge is 0.486 e. The van der Waals surface area contributed by atoms with Gasteiger partial charge in [-0.1, -0.05) is 31.2 Å². The number of fused-ring (bicyclic) bond motifs is 1. The van der Waals surface area contributed by atoms with Crippen LogP contribution in [0.1, 0.15) is 90.1 Å². The van der Waals surface area contributed by atoms with Gasteiger partial charge in [-0.15, -0.1) is 0 Å². The summed E-state index contributed by atoms with van der Waals surface area (Å²) in [5.74, 6) is 1.89. The third-order valence-electron chi connectivity index (χ3n) is 8.96. The predicted octanol–water partition coefficient (Wildman–Crippen LogP) is 3.19. The van der Waals surface area contributed by atoms with Crippen molar-refractivity contribution in [2.24, 2.45) is 5.92 Å². The van der Waals surface area contributed by atoms with Crippen LogP contribution < -0.4 is 4.74 Å². The first-order valence-corrected chi connectivity index (χ1v) is 13.6. The molecule has 0 radical (unpaired) electrons. The van der Waals surface area contributed by atoms with Crippen LogP contribution in [0.4, 0.5) is 0 Å². The second-order valence-corrected chi connectivity index (χ2v) is 11.6. The standard InChI is InChI=1S/C30H36O7/c1-16-10-21(16)20-6-5-18(29-28(35)27(34)26(33)25(15-31)36-29)13-19(20)11-17-4-7-24-22(12-17)23(32)14-30(37-24)8-2-3-9-30/h4-7,12-13,16,21,25-29,31,33-35H,2-3,8-11,14-15H2,1H3/t16-,21?,25?,26+,27?,28-,29?/m1/s1. The maximum atomic E-state index is 13.1. The molecular weight excluding hydrogens is 472 g/mol. The normalized spacial score (nSPS) is 34.3. The first-order chi connectivity index (χ1) is 17.8. The van der Waals surface area contributed by atoms with E-state index in [0.717, 1.165) is 43.2 Å². The van der Waals surface area contributed by atoms with Gasteiger partial charge in [0.25, 0.3) is 0 Å². The molecule has 7 atom stereocenters. The van der Waals surface area contributed by atoms with Gasteiger partial charge >= 0.3 is 0 Å². The number of benzene rings is 2. The van der Waals surface area contributed by atoms with Crippen molar-refractivity contribution in [2.75, 3.05) is 6.61 Å². The first kappa shape index (κ1) is 25.0. The van der Waals surface area contributed by atoms with Gasteiger partial charge in [-0.3, -0.25) is 4.79 Å². The number of hydrogen-bond donors (Lipinski definition) is 4. The van der Waals surface area contributed by atoms with E-state index in [1.807, 2.05) is 30.3 Å². The molecule has 2 saturated carbocycles. The summed E-state index contributed by atoms with van der Waals surface area (Å²) in [6.45, 7) is 1.77. The Morgan fingerprint density at radius 1 is 1.00 bits per heavy atom. The number of aliphatic hydroxyl groups is 4. The average Bonchev–Trinajstić information content (AvgIpc) is 3.45. The molecule has 1 spiro atoms. The highest BCUT2D eigenvalue weighted by Gasteiger charge is 2.45. The summed E-state index contributed by atoms with van der Waals surface area (Å²) in [5, 5.41) is 40.8. The van der Waals surface area contributed by atoms with Crippen molar-refractivity contribution >= 4 is 5.78 Å². The molecule has 2 aliphatic heterocycles. The molecule has 198 valence electrons. The second kappa shape index (κ2) is 9.47. The fraction of sp³-hybridized carbons (Fsp3) is 0.567. The lowest BCUT2D eigenvalue weighted by Crippen LogP contribution is -2.55. The summed E-state index contributed by atoms with van der Waals surface area (Å²) >= 11 is 0. The molecule has 2 heterocycles.